The number of carboxylic acid groups (broad SMARTS) is 1. The first-order valence-electron chi connectivity index (χ1n) is 9.76. The summed E-state index contributed by atoms with van der Waals surface area (Å²) in [5.41, 5.74) is 0.801. The maximum Gasteiger partial charge on any atom is 0.335 e. The Balaban J connectivity index is 1.91. The van der Waals surface area contributed by atoms with Crippen molar-refractivity contribution >= 4 is 11.5 Å². The summed E-state index contributed by atoms with van der Waals surface area (Å²) in [4.78, 5) is 11.1. The van der Waals surface area contributed by atoms with Gasteiger partial charge in [0.25, 0.3) is 6.43 Å². The zero-order valence-electron chi connectivity index (χ0n) is 16.5. The van der Waals surface area contributed by atoms with Crippen molar-refractivity contribution in [2.75, 3.05) is 0 Å². The van der Waals surface area contributed by atoms with E-state index >= 15 is 4.39 Å². The van der Waals surface area contributed by atoms with Crippen LogP contribution in [0, 0.1) is 5.82 Å². The Morgan fingerprint density at radius 2 is 1.62 bits per heavy atom. The van der Waals surface area contributed by atoms with Crippen LogP contribution < -0.4 is 0 Å². The Labute approximate surface area is 168 Å². The lowest BCUT2D eigenvalue weighted by atomic mass is 9.65. The molecule has 2 aliphatic carbocycles. The van der Waals surface area contributed by atoms with Gasteiger partial charge >= 0.3 is 5.97 Å². The quantitative estimate of drug-likeness (QED) is 0.626. The van der Waals surface area contributed by atoms with Crippen molar-refractivity contribution in [3.63, 3.8) is 0 Å². The summed E-state index contributed by atoms with van der Waals surface area (Å²) in [7, 11) is 0. The number of alkyl halides is 2. The maximum absolute atomic E-state index is 15.9. The van der Waals surface area contributed by atoms with Crippen molar-refractivity contribution in [2.45, 2.75) is 56.8 Å². The summed E-state index contributed by atoms with van der Waals surface area (Å²) in [6, 6.07) is 7.19. The fourth-order valence-electron chi connectivity index (χ4n) is 4.67. The molecule has 0 saturated heterocycles. The van der Waals surface area contributed by atoms with Crippen LogP contribution in [0.15, 0.2) is 36.9 Å². The van der Waals surface area contributed by atoms with Gasteiger partial charge in [-0.3, -0.25) is 0 Å². The first kappa shape index (κ1) is 19.7. The van der Waals surface area contributed by atoms with Crippen molar-refractivity contribution in [1.82, 2.24) is 0 Å². The van der Waals surface area contributed by atoms with Gasteiger partial charge in [0.05, 0.1) is 5.56 Å². The van der Waals surface area contributed by atoms with Gasteiger partial charge in [-0.15, -0.1) is 0 Å². The number of aromatic carboxylic acids is 1. The molecule has 152 valence electrons. The standard InChI is InChI=1S/C24H23F3O2/c1-13(14-4-6-15(7-5-14)22(28)29)18-16(21(26)27)12-17-19(20(18)25)23(2,3)8-9-24(17)10-11-24/h4-7,12,21H,1,8-11H2,2-3H3,(H,28,29). The topological polar surface area (TPSA) is 37.3 Å². The molecule has 0 amide bonds. The van der Waals surface area contributed by atoms with Crippen LogP contribution in [0.1, 0.15) is 84.1 Å². The molecule has 0 aromatic heterocycles. The molecule has 1 spiro atoms. The molecule has 1 fully saturated rings. The Bertz CT molecular complexity index is 1020. The average Bonchev–Trinajstić information content (AvgIpc) is 3.45. The molecule has 0 heterocycles. The first-order chi connectivity index (χ1) is 13.6. The minimum absolute atomic E-state index is 0.0679. The van der Waals surface area contributed by atoms with Gasteiger partial charge in [-0.1, -0.05) is 32.6 Å². The van der Waals surface area contributed by atoms with E-state index in [0.29, 0.717) is 11.1 Å². The summed E-state index contributed by atoms with van der Waals surface area (Å²) in [5.74, 6) is -1.70. The van der Waals surface area contributed by atoms with Gasteiger partial charge in [-0.2, -0.15) is 0 Å². The zero-order valence-corrected chi connectivity index (χ0v) is 16.5. The van der Waals surface area contributed by atoms with Crippen LogP contribution in [0.25, 0.3) is 5.57 Å². The number of carbonyl (C=O) groups is 1. The van der Waals surface area contributed by atoms with Gasteiger partial charge in [0.1, 0.15) is 5.82 Å². The third-order valence-corrected chi connectivity index (χ3v) is 6.64. The second-order valence-electron chi connectivity index (χ2n) is 8.90. The fraction of sp³-hybridized carbons (Fsp3) is 0.375. The van der Waals surface area contributed by atoms with E-state index in [0.717, 1.165) is 31.2 Å². The van der Waals surface area contributed by atoms with Gasteiger partial charge in [0.2, 0.25) is 0 Å². The zero-order chi connectivity index (χ0) is 21.1. The van der Waals surface area contributed by atoms with Crippen LogP contribution in [0.5, 0.6) is 0 Å². The fourth-order valence-corrected chi connectivity index (χ4v) is 4.67. The Morgan fingerprint density at radius 3 is 2.14 bits per heavy atom. The molecule has 2 nitrogen and oxygen atoms in total. The highest BCUT2D eigenvalue weighted by Crippen LogP contribution is 2.60. The SMILES string of the molecule is C=C(c1ccc(C(=O)O)cc1)c1c(C(F)F)cc2c(c1F)C(C)(C)CCC21CC1. The largest absolute Gasteiger partial charge is 0.478 e. The molecular weight excluding hydrogens is 377 g/mol. The van der Waals surface area contributed by atoms with Crippen LogP contribution >= 0.6 is 0 Å². The number of fused-ring (bicyclic) bond motifs is 2. The van der Waals surface area contributed by atoms with E-state index in [-0.39, 0.29) is 27.7 Å². The summed E-state index contributed by atoms with van der Waals surface area (Å²) in [6.45, 7) is 7.82. The third kappa shape index (κ3) is 3.07. The van der Waals surface area contributed by atoms with Crippen LogP contribution in [-0.2, 0) is 10.8 Å². The van der Waals surface area contributed by atoms with Crippen molar-refractivity contribution in [3.05, 3.63) is 76.1 Å². The predicted octanol–water partition coefficient (Wildman–Crippen LogP) is 6.63. The molecule has 4 rings (SSSR count). The summed E-state index contributed by atoms with van der Waals surface area (Å²) in [5, 5.41) is 9.06. The number of carboxylic acids is 1. The van der Waals surface area contributed by atoms with Crippen molar-refractivity contribution in [1.29, 1.82) is 0 Å². The Morgan fingerprint density at radius 1 is 1.07 bits per heavy atom. The molecule has 2 aromatic carbocycles. The minimum Gasteiger partial charge on any atom is -0.478 e. The molecule has 29 heavy (non-hydrogen) atoms. The molecule has 2 aliphatic rings. The number of hydrogen-bond acceptors (Lipinski definition) is 1. The van der Waals surface area contributed by atoms with Crippen LogP contribution in [-0.4, -0.2) is 11.1 Å². The number of rotatable bonds is 4. The highest BCUT2D eigenvalue weighted by Gasteiger charge is 2.52. The van der Waals surface area contributed by atoms with E-state index < -0.39 is 23.6 Å². The van der Waals surface area contributed by atoms with Crippen molar-refractivity contribution in [2.24, 2.45) is 0 Å². The minimum atomic E-state index is -2.83. The first-order valence-corrected chi connectivity index (χ1v) is 9.76. The van der Waals surface area contributed by atoms with E-state index in [9.17, 15) is 13.6 Å². The van der Waals surface area contributed by atoms with Gasteiger partial charge in [-0.05, 0) is 77.0 Å². The number of benzene rings is 2. The summed E-state index contributed by atoms with van der Waals surface area (Å²) < 4.78 is 43.9. The van der Waals surface area contributed by atoms with Gasteiger partial charge in [0, 0.05) is 11.1 Å². The second-order valence-corrected chi connectivity index (χ2v) is 8.90. The molecule has 5 heteroatoms. The number of halogens is 3. The molecule has 0 atom stereocenters. The Hall–Kier alpha value is -2.56. The van der Waals surface area contributed by atoms with Crippen molar-refractivity contribution < 1.29 is 23.1 Å². The van der Waals surface area contributed by atoms with Gasteiger partial charge in [0.15, 0.2) is 0 Å². The predicted molar refractivity (Wildman–Crippen MR) is 106 cm³/mol. The molecule has 0 unspecified atom stereocenters. The smallest absolute Gasteiger partial charge is 0.335 e. The van der Waals surface area contributed by atoms with Crippen LogP contribution in [0.4, 0.5) is 13.2 Å². The molecule has 1 saturated carbocycles. The van der Waals surface area contributed by atoms with E-state index in [1.807, 2.05) is 13.8 Å². The third-order valence-electron chi connectivity index (χ3n) is 6.64. The summed E-state index contributed by atoms with van der Waals surface area (Å²) >= 11 is 0. The second kappa shape index (κ2) is 6.48. The average molecular weight is 400 g/mol. The van der Waals surface area contributed by atoms with E-state index in [4.69, 9.17) is 5.11 Å². The molecular formula is C24H23F3O2. The van der Waals surface area contributed by atoms with Crippen LogP contribution in [0.2, 0.25) is 0 Å². The van der Waals surface area contributed by atoms with E-state index in [1.54, 1.807) is 0 Å². The molecule has 2 aromatic rings. The normalized spacial score (nSPS) is 18.6. The molecule has 0 radical (unpaired) electrons. The maximum atomic E-state index is 15.9. The van der Waals surface area contributed by atoms with Gasteiger partial charge in [-0.25, -0.2) is 18.0 Å². The van der Waals surface area contributed by atoms with Crippen LogP contribution in [0.3, 0.4) is 0 Å². The van der Waals surface area contributed by atoms with Gasteiger partial charge < -0.3 is 5.11 Å². The van der Waals surface area contributed by atoms with E-state index in [2.05, 4.69) is 6.58 Å². The summed E-state index contributed by atoms with van der Waals surface area (Å²) in [6.07, 6.45) is 0.696. The monoisotopic (exact) mass is 400 g/mol. The molecule has 0 aliphatic heterocycles. The lowest BCUT2D eigenvalue weighted by Crippen LogP contribution is -2.32. The van der Waals surface area contributed by atoms with E-state index in [1.165, 1.54) is 30.3 Å². The number of hydrogen-bond donors (Lipinski definition) is 1. The molecule has 1 N–H and O–H groups in total. The Kier molecular flexibility index (Phi) is 4.41. The highest BCUT2D eigenvalue weighted by molar-refractivity contribution is 5.89. The lowest BCUT2D eigenvalue weighted by Gasteiger charge is -2.39. The molecule has 0 bridgehead atoms. The lowest BCUT2D eigenvalue weighted by molar-refractivity contribution is 0.0697. The highest BCUT2D eigenvalue weighted by atomic mass is 19.3. The van der Waals surface area contributed by atoms with Crippen molar-refractivity contribution in [3.8, 4) is 0 Å².